The first kappa shape index (κ1) is 16.3. The molecule has 2 heterocycles. The Morgan fingerprint density at radius 1 is 1.38 bits per heavy atom. The fraction of sp³-hybridized carbons (Fsp3) is 0.812. The maximum Gasteiger partial charge on any atom is 0.131 e. The van der Waals surface area contributed by atoms with Gasteiger partial charge in [0.2, 0.25) is 0 Å². The summed E-state index contributed by atoms with van der Waals surface area (Å²) in [6.07, 6.45) is 2.47. The molecule has 1 unspecified atom stereocenters. The van der Waals surface area contributed by atoms with Crippen molar-refractivity contribution in [3.8, 4) is 0 Å². The van der Waals surface area contributed by atoms with Crippen LogP contribution in [0.4, 0.5) is 5.82 Å². The molecule has 2 rings (SSSR count). The SMILES string of the molecule is CCCNCc1c(C)nn(C)c1N(C)CC1CCN(C)C1. The molecule has 1 saturated heterocycles. The summed E-state index contributed by atoms with van der Waals surface area (Å²) in [6.45, 7) is 9.85. The van der Waals surface area contributed by atoms with Crippen LogP contribution >= 0.6 is 0 Å². The van der Waals surface area contributed by atoms with E-state index in [0.717, 1.165) is 31.2 Å². The Hall–Kier alpha value is -1.07. The summed E-state index contributed by atoms with van der Waals surface area (Å²) in [4.78, 5) is 4.82. The standard InChI is InChI=1S/C16H31N5/c1-6-8-17-10-15-13(2)18-21(5)16(15)20(4)12-14-7-9-19(3)11-14/h14,17H,6-12H2,1-5H3. The minimum Gasteiger partial charge on any atom is -0.359 e. The van der Waals surface area contributed by atoms with E-state index in [9.17, 15) is 0 Å². The minimum absolute atomic E-state index is 0.770. The molecule has 0 radical (unpaired) electrons. The monoisotopic (exact) mass is 293 g/mol. The Morgan fingerprint density at radius 3 is 2.76 bits per heavy atom. The molecular weight excluding hydrogens is 262 g/mol. The lowest BCUT2D eigenvalue weighted by Gasteiger charge is -2.24. The summed E-state index contributed by atoms with van der Waals surface area (Å²) >= 11 is 0. The van der Waals surface area contributed by atoms with Crippen LogP contribution in [-0.4, -0.2) is 55.0 Å². The molecule has 1 aromatic heterocycles. The van der Waals surface area contributed by atoms with E-state index in [2.05, 4.69) is 55.2 Å². The highest BCUT2D eigenvalue weighted by atomic mass is 15.4. The molecule has 1 atom stereocenters. The van der Waals surface area contributed by atoms with E-state index in [1.54, 1.807) is 0 Å². The number of aromatic nitrogens is 2. The first-order chi connectivity index (χ1) is 10.0. The van der Waals surface area contributed by atoms with E-state index in [1.807, 2.05) is 4.68 Å². The molecule has 0 aromatic carbocycles. The van der Waals surface area contributed by atoms with E-state index in [4.69, 9.17) is 0 Å². The first-order valence-electron chi connectivity index (χ1n) is 8.15. The van der Waals surface area contributed by atoms with Crippen LogP contribution in [0.2, 0.25) is 0 Å². The Balaban J connectivity index is 2.06. The van der Waals surface area contributed by atoms with Crippen molar-refractivity contribution < 1.29 is 0 Å². The molecule has 0 amide bonds. The van der Waals surface area contributed by atoms with Gasteiger partial charge in [-0.1, -0.05) is 6.92 Å². The van der Waals surface area contributed by atoms with Gasteiger partial charge in [-0.25, -0.2) is 0 Å². The molecule has 0 bridgehead atoms. The van der Waals surface area contributed by atoms with Gasteiger partial charge in [-0.2, -0.15) is 5.10 Å². The predicted octanol–water partition coefficient (Wildman–Crippen LogP) is 1.62. The molecule has 0 aliphatic carbocycles. The largest absolute Gasteiger partial charge is 0.359 e. The molecule has 0 saturated carbocycles. The number of rotatable bonds is 7. The van der Waals surface area contributed by atoms with Crippen LogP contribution in [0.15, 0.2) is 0 Å². The maximum atomic E-state index is 4.62. The Morgan fingerprint density at radius 2 is 2.14 bits per heavy atom. The molecule has 1 aliphatic heterocycles. The fourth-order valence-corrected chi connectivity index (χ4v) is 3.41. The third kappa shape index (κ3) is 3.98. The molecule has 0 spiro atoms. The van der Waals surface area contributed by atoms with Crippen LogP contribution in [0.3, 0.4) is 0 Å². The van der Waals surface area contributed by atoms with Crippen molar-refractivity contribution >= 4 is 5.82 Å². The van der Waals surface area contributed by atoms with E-state index in [1.165, 1.54) is 37.3 Å². The quantitative estimate of drug-likeness (QED) is 0.775. The lowest BCUT2D eigenvalue weighted by molar-refractivity contribution is 0.395. The van der Waals surface area contributed by atoms with E-state index in [-0.39, 0.29) is 0 Å². The second-order valence-corrected chi connectivity index (χ2v) is 6.49. The zero-order valence-electron chi connectivity index (χ0n) is 14.3. The summed E-state index contributed by atoms with van der Waals surface area (Å²) in [5.74, 6) is 2.04. The Kier molecular flexibility index (Phi) is 5.65. The molecular formula is C16H31N5. The Bertz CT molecular complexity index is 454. The van der Waals surface area contributed by atoms with Gasteiger partial charge in [0, 0.05) is 39.3 Å². The number of aryl methyl sites for hydroxylation is 2. The molecule has 1 N–H and O–H groups in total. The second-order valence-electron chi connectivity index (χ2n) is 6.49. The third-order valence-corrected chi connectivity index (χ3v) is 4.42. The molecule has 1 fully saturated rings. The van der Waals surface area contributed by atoms with Crippen LogP contribution in [-0.2, 0) is 13.6 Å². The van der Waals surface area contributed by atoms with Crippen LogP contribution in [0, 0.1) is 12.8 Å². The number of nitrogens with zero attached hydrogens (tertiary/aromatic N) is 4. The van der Waals surface area contributed by atoms with Crippen molar-refractivity contribution in [2.75, 3.05) is 45.2 Å². The minimum atomic E-state index is 0.770. The number of nitrogens with one attached hydrogen (secondary N) is 1. The highest BCUT2D eigenvalue weighted by Gasteiger charge is 2.23. The average molecular weight is 293 g/mol. The molecule has 120 valence electrons. The summed E-state index contributed by atoms with van der Waals surface area (Å²) in [5, 5.41) is 8.14. The van der Waals surface area contributed by atoms with Gasteiger partial charge in [0.1, 0.15) is 5.82 Å². The fourth-order valence-electron chi connectivity index (χ4n) is 3.41. The van der Waals surface area contributed by atoms with Crippen molar-refractivity contribution in [1.82, 2.24) is 20.0 Å². The van der Waals surface area contributed by atoms with Crippen molar-refractivity contribution in [2.24, 2.45) is 13.0 Å². The van der Waals surface area contributed by atoms with E-state index < -0.39 is 0 Å². The van der Waals surface area contributed by atoms with E-state index >= 15 is 0 Å². The summed E-state index contributed by atoms with van der Waals surface area (Å²) in [6, 6.07) is 0. The van der Waals surface area contributed by atoms with Crippen molar-refractivity contribution in [3.05, 3.63) is 11.3 Å². The summed E-state index contributed by atoms with van der Waals surface area (Å²) < 4.78 is 2.04. The van der Waals surface area contributed by atoms with Crippen molar-refractivity contribution in [3.63, 3.8) is 0 Å². The van der Waals surface area contributed by atoms with Gasteiger partial charge in [0.05, 0.1) is 5.69 Å². The van der Waals surface area contributed by atoms with Gasteiger partial charge in [-0.3, -0.25) is 4.68 Å². The van der Waals surface area contributed by atoms with Gasteiger partial charge in [0.25, 0.3) is 0 Å². The Labute approximate surface area is 129 Å². The first-order valence-corrected chi connectivity index (χ1v) is 8.15. The van der Waals surface area contributed by atoms with Crippen molar-refractivity contribution in [1.29, 1.82) is 0 Å². The zero-order valence-corrected chi connectivity index (χ0v) is 14.3. The lowest BCUT2D eigenvalue weighted by Crippen LogP contribution is -2.30. The summed E-state index contributed by atoms with van der Waals surface area (Å²) in [5.41, 5.74) is 2.49. The van der Waals surface area contributed by atoms with Crippen molar-refractivity contribution in [2.45, 2.75) is 33.2 Å². The number of likely N-dealkylation sites (tertiary alicyclic amines) is 1. The van der Waals surface area contributed by atoms with Gasteiger partial charge in [-0.05, 0) is 45.8 Å². The van der Waals surface area contributed by atoms with Gasteiger partial charge in [-0.15, -0.1) is 0 Å². The third-order valence-electron chi connectivity index (χ3n) is 4.42. The van der Waals surface area contributed by atoms with Gasteiger partial charge >= 0.3 is 0 Å². The molecule has 5 heteroatoms. The normalized spacial score (nSPS) is 19.4. The predicted molar refractivity (Wildman–Crippen MR) is 88.8 cm³/mol. The number of hydrogen-bond acceptors (Lipinski definition) is 4. The summed E-state index contributed by atoms with van der Waals surface area (Å²) in [7, 11) is 6.48. The maximum absolute atomic E-state index is 4.62. The van der Waals surface area contributed by atoms with Gasteiger partial charge < -0.3 is 15.1 Å². The lowest BCUT2D eigenvalue weighted by atomic mass is 10.1. The second kappa shape index (κ2) is 7.27. The average Bonchev–Trinajstić information content (AvgIpc) is 2.94. The molecule has 1 aliphatic rings. The highest BCUT2D eigenvalue weighted by Crippen LogP contribution is 2.25. The smallest absolute Gasteiger partial charge is 0.131 e. The zero-order chi connectivity index (χ0) is 15.4. The van der Waals surface area contributed by atoms with Crippen LogP contribution in [0.25, 0.3) is 0 Å². The van der Waals surface area contributed by atoms with E-state index in [0.29, 0.717) is 0 Å². The van der Waals surface area contributed by atoms with Crippen LogP contribution in [0.5, 0.6) is 0 Å². The highest BCUT2D eigenvalue weighted by molar-refractivity contribution is 5.49. The number of anilines is 1. The van der Waals surface area contributed by atoms with Gasteiger partial charge in [0.15, 0.2) is 0 Å². The number of hydrogen-bond donors (Lipinski definition) is 1. The van der Waals surface area contributed by atoms with Crippen LogP contribution in [0.1, 0.15) is 31.0 Å². The molecule has 5 nitrogen and oxygen atoms in total. The molecule has 21 heavy (non-hydrogen) atoms. The van der Waals surface area contributed by atoms with Crippen LogP contribution < -0.4 is 10.2 Å². The molecule has 1 aromatic rings. The topological polar surface area (TPSA) is 36.3 Å².